The van der Waals surface area contributed by atoms with E-state index < -0.39 is 0 Å². The second-order valence-corrected chi connectivity index (χ2v) is 7.04. The van der Waals surface area contributed by atoms with Crippen molar-refractivity contribution < 1.29 is 5.11 Å². The normalized spacial score (nSPS) is 30.1. The molecule has 70 valence electrons. The predicted molar refractivity (Wildman–Crippen MR) is 60.3 cm³/mol. The minimum Gasteiger partial charge on any atom is -0.396 e. The highest BCUT2D eigenvalue weighted by Crippen LogP contribution is 2.66. The first-order valence-electron chi connectivity index (χ1n) is 4.21. The Morgan fingerprint density at radius 2 is 1.85 bits per heavy atom. The molecule has 0 saturated heterocycles. The summed E-state index contributed by atoms with van der Waals surface area (Å²) in [5, 5.41) is 9.11. The van der Waals surface area contributed by atoms with Crippen LogP contribution in [0.3, 0.4) is 0 Å². The minimum atomic E-state index is -0.0872. The Hall–Kier alpha value is 0.140. The van der Waals surface area contributed by atoms with Crippen molar-refractivity contribution in [1.82, 2.24) is 0 Å². The van der Waals surface area contributed by atoms with Gasteiger partial charge in [-0.3, -0.25) is 0 Å². The number of alkyl halides is 2. The van der Waals surface area contributed by atoms with E-state index in [1.165, 1.54) is 5.56 Å². The zero-order valence-electron chi connectivity index (χ0n) is 6.95. The SMILES string of the molecule is OC[C@@H]1[C@H](c2ccccc2)C1(Br)Br. The number of rotatable bonds is 2. The topological polar surface area (TPSA) is 20.2 Å². The van der Waals surface area contributed by atoms with Crippen LogP contribution in [0.25, 0.3) is 0 Å². The van der Waals surface area contributed by atoms with E-state index in [0.29, 0.717) is 5.92 Å². The van der Waals surface area contributed by atoms with Gasteiger partial charge < -0.3 is 5.11 Å². The summed E-state index contributed by atoms with van der Waals surface area (Å²) in [6, 6.07) is 10.2. The molecule has 1 aliphatic rings. The summed E-state index contributed by atoms with van der Waals surface area (Å²) in [6.45, 7) is 0.218. The van der Waals surface area contributed by atoms with Crippen molar-refractivity contribution >= 4 is 31.9 Å². The standard InChI is InChI=1S/C10H10Br2O/c11-10(12)8(6-13)9(10)7-4-2-1-3-5-7/h1-5,8-9,13H,6H2/t8-,9+/m1/s1. The summed E-state index contributed by atoms with van der Waals surface area (Å²) >= 11 is 7.15. The molecule has 13 heavy (non-hydrogen) atoms. The molecule has 0 bridgehead atoms. The van der Waals surface area contributed by atoms with Crippen LogP contribution in [0.15, 0.2) is 30.3 Å². The summed E-state index contributed by atoms with van der Waals surface area (Å²) in [7, 11) is 0. The molecule has 1 aromatic rings. The third kappa shape index (κ3) is 1.58. The lowest BCUT2D eigenvalue weighted by atomic mass is 10.1. The van der Waals surface area contributed by atoms with Crippen molar-refractivity contribution in [1.29, 1.82) is 0 Å². The van der Waals surface area contributed by atoms with Crippen LogP contribution in [0.5, 0.6) is 0 Å². The first kappa shape index (κ1) is 9.69. The Bertz CT molecular complexity index is 297. The van der Waals surface area contributed by atoms with Gasteiger partial charge in [0.25, 0.3) is 0 Å². The number of aliphatic hydroxyl groups is 1. The second kappa shape index (κ2) is 3.37. The number of aliphatic hydroxyl groups excluding tert-OH is 1. The van der Waals surface area contributed by atoms with E-state index in [0.717, 1.165) is 0 Å². The van der Waals surface area contributed by atoms with Gasteiger partial charge in [0.05, 0.1) is 3.23 Å². The fourth-order valence-corrected chi connectivity index (χ4v) is 3.45. The van der Waals surface area contributed by atoms with Crippen LogP contribution in [0.2, 0.25) is 0 Å². The van der Waals surface area contributed by atoms with E-state index in [-0.39, 0.29) is 15.8 Å². The van der Waals surface area contributed by atoms with Crippen LogP contribution in [-0.4, -0.2) is 14.9 Å². The molecule has 0 aromatic heterocycles. The van der Waals surface area contributed by atoms with E-state index in [2.05, 4.69) is 44.0 Å². The summed E-state index contributed by atoms with van der Waals surface area (Å²) in [5.41, 5.74) is 1.27. The zero-order chi connectivity index (χ0) is 9.47. The van der Waals surface area contributed by atoms with Crippen molar-refractivity contribution in [2.24, 2.45) is 5.92 Å². The van der Waals surface area contributed by atoms with E-state index in [1.807, 2.05) is 18.2 Å². The van der Waals surface area contributed by atoms with Gasteiger partial charge in [-0.1, -0.05) is 62.2 Å². The maximum absolute atomic E-state index is 9.11. The monoisotopic (exact) mass is 304 g/mol. The molecular weight excluding hydrogens is 296 g/mol. The Morgan fingerprint density at radius 1 is 1.23 bits per heavy atom. The van der Waals surface area contributed by atoms with Crippen LogP contribution in [0.1, 0.15) is 11.5 Å². The van der Waals surface area contributed by atoms with Gasteiger partial charge in [0.2, 0.25) is 0 Å². The molecule has 0 unspecified atom stereocenters. The van der Waals surface area contributed by atoms with Crippen molar-refractivity contribution in [2.75, 3.05) is 6.61 Å². The van der Waals surface area contributed by atoms with Gasteiger partial charge in [-0.2, -0.15) is 0 Å². The lowest BCUT2D eigenvalue weighted by molar-refractivity contribution is 0.274. The van der Waals surface area contributed by atoms with Crippen molar-refractivity contribution in [2.45, 2.75) is 9.15 Å². The average Bonchev–Trinajstić information content (AvgIpc) is 2.69. The lowest BCUT2D eigenvalue weighted by Gasteiger charge is -1.98. The smallest absolute Gasteiger partial charge is 0.0934 e. The van der Waals surface area contributed by atoms with Gasteiger partial charge in [0.1, 0.15) is 0 Å². The van der Waals surface area contributed by atoms with E-state index >= 15 is 0 Å². The third-order valence-electron chi connectivity index (χ3n) is 2.56. The Balaban J connectivity index is 2.22. The quantitative estimate of drug-likeness (QED) is 0.833. The van der Waals surface area contributed by atoms with Crippen molar-refractivity contribution in [3.8, 4) is 0 Å². The maximum atomic E-state index is 9.11. The Kier molecular flexibility index (Phi) is 2.51. The largest absolute Gasteiger partial charge is 0.396 e. The van der Waals surface area contributed by atoms with Crippen LogP contribution in [-0.2, 0) is 0 Å². The minimum absolute atomic E-state index is 0.0872. The Morgan fingerprint density at radius 3 is 2.31 bits per heavy atom. The molecule has 3 heteroatoms. The molecule has 2 rings (SSSR count). The molecule has 1 nitrogen and oxygen atoms in total. The van der Waals surface area contributed by atoms with Crippen LogP contribution < -0.4 is 0 Å². The third-order valence-corrected chi connectivity index (χ3v) is 4.72. The summed E-state index contributed by atoms with van der Waals surface area (Å²) in [5.74, 6) is 0.675. The average molecular weight is 306 g/mol. The number of halogens is 2. The molecule has 0 spiro atoms. The molecule has 0 amide bonds. The molecule has 0 heterocycles. The fourth-order valence-electron chi connectivity index (χ4n) is 1.73. The van der Waals surface area contributed by atoms with Gasteiger partial charge in [0.15, 0.2) is 0 Å². The molecule has 1 aromatic carbocycles. The fraction of sp³-hybridized carbons (Fsp3) is 0.400. The number of hydrogen-bond donors (Lipinski definition) is 1. The van der Waals surface area contributed by atoms with Gasteiger partial charge in [-0.15, -0.1) is 0 Å². The van der Waals surface area contributed by atoms with Gasteiger partial charge in [-0.25, -0.2) is 0 Å². The first-order valence-corrected chi connectivity index (χ1v) is 5.80. The zero-order valence-corrected chi connectivity index (χ0v) is 10.1. The highest BCUT2D eigenvalue weighted by Gasteiger charge is 2.61. The molecule has 1 aliphatic carbocycles. The highest BCUT2D eigenvalue weighted by molar-refractivity contribution is 9.25. The number of hydrogen-bond acceptors (Lipinski definition) is 1. The summed E-state index contributed by atoms with van der Waals surface area (Å²) in [4.78, 5) is 0. The van der Waals surface area contributed by atoms with E-state index in [1.54, 1.807) is 0 Å². The molecule has 1 saturated carbocycles. The maximum Gasteiger partial charge on any atom is 0.0934 e. The van der Waals surface area contributed by atoms with Gasteiger partial charge in [-0.05, 0) is 5.56 Å². The van der Waals surface area contributed by atoms with Crippen LogP contribution in [0.4, 0.5) is 0 Å². The van der Waals surface area contributed by atoms with Crippen LogP contribution in [0, 0.1) is 5.92 Å². The van der Waals surface area contributed by atoms with Crippen molar-refractivity contribution in [3.05, 3.63) is 35.9 Å². The van der Waals surface area contributed by atoms with E-state index in [4.69, 9.17) is 5.11 Å². The molecule has 1 fully saturated rings. The van der Waals surface area contributed by atoms with E-state index in [9.17, 15) is 0 Å². The molecule has 0 radical (unpaired) electrons. The van der Waals surface area contributed by atoms with Crippen molar-refractivity contribution in [3.63, 3.8) is 0 Å². The predicted octanol–water partition coefficient (Wildman–Crippen LogP) is 2.88. The lowest BCUT2D eigenvalue weighted by Crippen LogP contribution is -1.92. The molecule has 0 aliphatic heterocycles. The first-order chi connectivity index (χ1) is 6.18. The molecular formula is C10H10Br2O. The summed E-state index contributed by atoms with van der Waals surface area (Å²) < 4.78 is -0.0872. The highest BCUT2D eigenvalue weighted by atomic mass is 79.9. The summed E-state index contributed by atoms with van der Waals surface area (Å²) in [6.07, 6.45) is 0. The second-order valence-electron chi connectivity index (χ2n) is 3.35. The van der Waals surface area contributed by atoms with Gasteiger partial charge in [0, 0.05) is 18.4 Å². The molecule has 1 N–H and O–H groups in total. The number of benzene rings is 1. The van der Waals surface area contributed by atoms with Gasteiger partial charge >= 0.3 is 0 Å². The Labute approximate surface area is 94.4 Å². The van der Waals surface area contributed by atoms with Crippen LogP contribution >= 0.6 is 31.9 Å². The molecule has 2 atom stereocenters.